The molecule has 0 spiro atoms. The van der Waals surface area contributed by atoms with Crippen molar-refractivity contribution in [2.24, 2.45) is 0 Å². The van der Waals surface area contributed by atoms with Crippen molar-refractivity contribution in [3.8, 4) is 0 Å². The molecule has 2 aromatic rings. The molecule has 0 aliphatic carbocycles. The minimum atomic E-state index is -1.02. The summed E-state index contributed by atoms with van der Waals surface area (Å²) >= 11 is 5.86. The molecular weight excluding hydrogens is 382 g/mol. The van der Waals surface area contributed by atoms with Gasteiger partial charge in [0.05, 0.1) is 12.1 Å². The van der Waals surface area contributed by atoms with Gasteiger partial charge in [-0.15, -0.1) is 0 Å². The molecule has 2 rings (SSSR count). The number of aromatic nitrogens is 1. The molecule has 0 bridgehead atoms. The zero-order chi connectivity index (χ0) is 20.4. The highest BCUT2D eigenvalue weighted by Crippen LogP contribution is 2.17. The van der Waals surface area contributed by atoms with E-state index in [1.165, 1.54) is 19.2 Å². The number of hydrogen-bond acceptors (Lipinski definition) is 5. The molecule has 2 amide bonds. The molecule has 0 radical (unpaired) electrons. The van der Waals surface area contributed by atoms with Crippen molar-refractivity contribution < 1.29 is 19.1 Å². The molecule has 1 heterocycles. The number of carbonyl (C=O) groups excluding carboxylic acids is 3. The number of nitrogens with one attached hydrogen (secondary N) is 2. The first kappa shape index (κ1) is 21.1. The molecule has 8 heteroatoms. The van der Waals surface area contributed by atoms with Gasteiger partial charge in [-0.2, -0.15) is 0 Å². The number of hydrogen-bond donors (Lipinski definition) is 2. The Morgan fingerprint density at radius 3 is 2.64 bits per heavy atom. The first-order valence-electron chi connectivity index (χ1n) is 8.57. The van der Waals surface area contributed by atoms with Gasteiger partial charge in [-0.1, -0.05) is 41.9 Å². The fraction of sp³-hybridized carbons (Fsp3) is 0.200. The number of halogens is 1. The van der Waals surface area contributed by atoms with E-state index in [-0.39, 0.29) is 24.0 Å². The minimum absolute atomic E-state index is 0.0593. The van der Waals surface area contributed by atoms with E-state index in [9.17, 15) is 14.4 Å². The molecule has 1 aromatic heterocycles. The number of benzene rings is 1. The van der Waals surface area contributed by atoms with Gasteiger partial charge in [-0.05, 0) is 30.7 Å². The summed E-state index contributed by atoms with van der Waals surface area (Å²) in [5, 5.41) is 5.25. The van der Waals surface area contributed by atoms with Crippen molar-refractivity contribution >= 4 is 41.1 Å². The predicted molar refractivity (Wildman–Crippen MR) is 107 cm³/mol. The summed E-state index contributed by atoms with van der Waals surface area (Å²) in [7, 11) is 0. The van der Waals surface area contributed by atoms with Crippen LogP contribution in [0.5, 0.6) is 0 Å². The smallest absolute Gasteiger partial charge is 0.308 e. The van der Waals surface area contributed by atoms with Crippen LogP contribution in [0.2, 0.25) is 5.15 Å². The lowest BCUT2D eigenvalue weighted by atomic mass is 10.2. The third kappa shape index (κ3) is 7.20. The van der Waals surface area contributed by atoms with E-state index >= 15 is 0 Å². The summed E-state index contributed by atoms with van der Waals surface area (Å²) in [6.07, 6.45) is 3.47. The van der Waals surface area contributed by atoms with E-state index in [0.29, 0.717) is 5.69 Å². The van der Waals surface area contributed by atoms with E-state index in [1.807, 2.05) is 30.3 Å². The van der Waals surface area contributed by atoms with Crippen LogP contribution in [0.25, 0.3) is 6.08 Å². The highest BCUT2D eigenvalue weighted by atomic mass is 35.5. The lowest BCUT2D eigenvalue weighted by molar-refractivity contribution is -0.153. The van der Waals surface area contributed by atoms with Gasteiger partial charge in [-0.25, -0.2) is 4.98 Å². The van der Waals surface area contributed by atoms with Crippen LogP contribution in [0, 0.1) is 0 Å². The summed E-state index contributed by atoms with van der Waals surface area (Å²) in [4.78, 5) is 39.4. The fourth-order valence-corrected chi connectivity index (χ4v) is 2.27. The minimum Gasteiger partial charge on any atom is -0.452 e. The van der Waals surface area contributed by atoms with Crippen molar-refractivity contribution in [3.63, 3.8) is 0 Å². The summed E-state index contributed by atoms with van der Waals surface area (Å²) in [6, 6.07) is 12.6. The van der Waals surface area contributed by atoms with Gasteiger partial charge in [0.25, 0.3) is 5.91 Å². The fourth-order valence-electron chi connectivity index (χ4n) is 2.11. The average molecular weight is 402 g/mol. The van der Waals surface area contributed by atoms with Crippen LogP contribution in [0.1, 0.15) is 18.9 Å². The molecule has 1 atom stereocenters. The number of pyridine rings is 1. The second-order valence-electron chi connectivity index (χ2n) is 5.75. The van der Waals surface area contributed by atoms with Crippen LogP contribution in [0.15, 0.2) is 54.7 Å². The van der Waals surface area contributed by atoms with E-state index in [1.54, 1.807) is 18.2 Å². The van der Waals surface area contributed by atoms with Crippen LogP contribution in [0.4, 0.5) is 5.69 Å². The standard InChI is InChI=1S/C20H20ClN3O4/c1-14(20(27)24-16-8-5-12-23-19(16)21)28-18(26)11-13-22-17(25)10-9-15-6-3-2-4-7-15/h2-10,12,14H,11,13H2,1H3,(H,22,25)(H,24,27)/b10-9+/t14-/m0/s1. The van der Waals surface area contributed by atoms with Crippen molar-refractivity contribution in [3.05, 3.63) is 65.5 Å². The van der Waals surface area contributed by atoms with Crippen molar-refractivity contribution in [2.75, 3.05) is 11.9 Å². The quantitative estimate of drug-likeness (QED) is 0.402. The maximum Gasteiger partial charge on any atom is 0.308 e. The molecule has 0 unspecified atom stereocenters. The Bertz CT molecular complexity index is 856. The van der Waals surface area contributed by atoms with Crippen molar-refractivity contribution in [1.29, 1.82) is 0 Å². The zero-order valence-corrected chi connectivity index (χ0v) is 16.0. The molecule has 0 fully saturated rings. The Hall–Kier alpha value is -3.19. The number of amides is 2. The number of carbonyl (C=O) groups is 3. The first-order valence-corrected chi connectivity index (χ1v) is 8.95. The van der Waals surface area contributed by atoms with Crippen LogP contribution >= 0.6 is 11.6 Å². The van der Waals surface area contributed by atoms with E-state index in [0.717, 1.165) is 5.56 Å². The Kier molecular flexibility index (Phi) is 8.17. The SMILES string of the molecule is C[C@H](OC(=O)CCNC(=O)/C=C/c1ccccc1)C(=O)Nc1cccnc1Cl. The van der Waals surface area contributed by atoms with Gasteiger partial charge < -0.3 is 15.4 Å². The summed E-state index contributed by atoms with van der Waals surface area (Å²) in [6.45, 7) is 1.54. The Morgan fingerprint density at radius 1 is 1.18 bits per heavy atom. The Morgan fingerprint density at radius 2 is 1.93 bits per heavy atom. The number of esters is 1. The van der Waals surface area contributed by atoms with E-state index in [4.69, 9.17) is 16.3 Å². The third-order valence-corrected chi connectivity index (χ3v) is 3.85. The highest BCUT2D eigenvalue weighted by Gasteiger charge is 2.18. The molecule has 0 saturated heterocycles. The lowest BCUT2D eigenvalue weighted by Crippen LogP contribution is -2.31. The van der Waals surface area contributed by atoms with Crippen LogP contribution in [-0.2, 0) is 19.1 Å². The molecule has 0 aliphatic heterocycles. The maximum atomic E-state index is 12.0. The topological polar surface area (TPSA) is 97.4 Å². The second-order valence-corrected chi connectivity index (χ2v) is 6.11. The Labute approximate surface area is 167 Å². The largest absolute Gasteiger partial charge is 0.452 e. The van der Waals surface area contributed by atoms with Gasteiger partial charge in [0.2, 0.25) is 5.91 Å². The summed E-state index contributed by atoms with van der Waals surface area (Å²) in [5.74, 6) is -1.46. The predicted octanol–water partition coefficient (Wildman–Crippen LogP) is 2.82. The normalized spacial score (nSPS) is 11.6. The monoisotopic (exact) mass is 401 g/mol. The summed E-state index contributed by atoms with van der Waals surface area (Å²) < 4.78 is 5.05. The average Bonchev–Trinajstić information content (AvgIpc) is 2.69. The first-order chi connectivity index (χ1) is 13.5. The number of rotatable bonds is 8. The molecule has 0 saturated carbocycles. The van der Waals surface area contributed by atoms with Gasteiger partial charge >= 0.3 is 5.97 Å². The second kappa shape index (κ2) is 10.8. The molecule has 1 aromatic carbocycles. The van der Waals surface area contributed by atoms with Gasteiger partial charge in [0.1, 0.15) is 0 Å². The van der Waals surface area contributed by atoms with E-state index < -0.39 is 18.0 Å². The molecule has 0 aliphatic rings. The van der Waals surface area contributed by atoms with Crippen LogP contribution in [-0.4, -0.2) is 35.4 Å². The van der Waals surface area contributed by atoms with E-state index in [2.05, 4.69) is 15.6 Å². The molecule has 2 N–H and O–H groups in total. The molecular formula is C20H20ClN3O4. The van der Waals surface area contributed by atoms with Gasteiger partial charge in [0.15, 0.2) is 11.3 Å². The number of anilines is 1. The molecule has 7 nitrogen and oxygen atoms in total. The van der Waals surface area contributed by atoms with Gasteiger partial charge in [-0.3, -0.25) is 14.4 Å². The van der Waals surface area contributed by atoms with Crippen molar-refractivity contribution in [1.82, 2.24) is 10.3 Å². The number of nitrogens with zero attached hydrogens (tertiary/aromatic N) is 1. The Balaban J connectivity index is 1.70. The number of ether oxygens (including phenoxy) is 1. The van der Waals surface area contributed by atoms with Gasteiger partial charge in [0, 0.05) is 18.8 Å². The third-order valence-electron chi connectivity index (χ3n) is 3.55. The zero-order valence-electron chi connectivity index (χ0n) is 15.2. The summed E-state index contributed by atoms with van der Waals surface area (Å²) in [5.41, 5.74) is 1.22. The lowest BCUT2D eigenvalue weighted by Gasteiger charge is -2.14. The van der Waals surface area contributed by atoms with Crippen LogP contribution in [0.3, 0.4) is 0 Å². The highest BCUT2D eigenvalue weighted by molar-refractivity contribution is 6.32. The van der Waals surface area contributed by atoms with Crippen LogP contribution < -0.4 is 10.6 Å². The van der Waals surface area contributed by atoms with Crippen molar-refractivity contribution in [2.45, 2.75) is 19.4 Å². The maximum absolute atomic E-state index is 12.0. The molecule has 146 valence electrons. The molecule has 28 heavy (non-hydrogen) atoms.